The zero-order valence-electron chi connectivity index (χ0n) is 13.7. The van der Waals surface area contributed by atoms with Gasteiger partial charge in [-0.05, 0) is 27.2 Å². The fraction of sp³-hybridized carbons (Fsp3) is 0.800. The van der Waals surface area contributed by atoms with E-state index < -0.39 is 5.54 Å². The summed E-state index contributed by atoms with van der Waals surface area (Å²) in [5.74, 6) is 0.557. The first kappa shape index (κ1) is 17.6. The highest BCUT2D eigenvalue weighted by molar-refractivity contribution is 6.08. The minimum atomic E-state index is -0.906. The second kappa shape index (κ2) is 7.54. The maximum Gasteiger partial charge on any atom is 0.257 e. The molecule has 1 atom stereocenters. The largest absolute Gasteiger partial charge is 0.375 e. The molecular weight excluding hydrogens is 270 g/mol. The van der Waals surface area contributed by atoms with E-state index in [4.69, 9.17) is 4.74 Å². The van der Waals surface area contributed by atoms with Crippen LogP contribution in [0.2, 0.25) is 0 Å². The summed E-state index contributed by atoms with van der Waals surface area (Å²) in [7, 11) is 1.46. The van der Waals surface area contributed by atoms with E-state index in [-0.39, 0.29) is 31.0 Å². The van der Waals surface area contributed by atoms with E-state index in [0.29, 0.717) is 0 Å². The van der Waals surface area contributed by atoms with Gasteiger partial charge < -0.3 is 10.1 Å². The molecule has 1 unspecified atom stereocenters. The Morgan fingerprint density at radius 3 is 2.67 bits per heavy atom. The lowest BCUT2D eigenvalue weighted by atomic mass is 10.0. The molecular formula is C15H27N3O3. The van der Waals surface area contributed by atoms with Crippen molar-refractivity contribution in [3.8, 4) is 0 Å². The topological polar surface area (TPSA) is 71.0 Å². The molecule has 0 saturated heterocycles. The summed E-state index contributed by atoms with van der Waals surface area (Å²) < 4.78 is 4.77. The van der Waals surface area contributed by atoms with Crippen LogP contribution in [0.15, 0.2) is 4.99 Å². The number of carbonyl (C=O) groups excluding carboxylic acids is 2. The van der Waals surface area contributed by atoms with E-state index in [1.807, 2.05) is 13.8 Å². The third kappa shape index (κ3) is 4.27. The van der Waals surface area contributed by atoms with Gasteiger partial charge in [0.15, 0.2) is 5.54 Å². The molecule has 0 radical (unpaired) electrons. The van der Waals surface area contributed by atoms with Crippen molar-refractivity contribution >= 4 is 17.6 Å². The summed E-state index contributed by atoms with van der Waals surface area (Å²) in [6.45, 7) is 8.04. The molecule has 2 amide bonds. The highest BCUT2D eigenvalue weighted by atomic mass is 16.5. The molecule has 0 aromatic carbocycles. The summed E-state index contributed by atoms with van der Waals surface area (Å²) in [5.41, 5.74) is -0.906. The van der Waals surface area contributed by atoms with Crippen molar-refractivity contribution in [3.05, 3.63) is 0 Å². The van der Waals surface area contributed by atoms with E-state index in [1.165, 1.54) is 7.11 Å². The van der Waals surface area contributed by atoms with Crippen molar-refractivity contribution in [3.63, 3.8) is 0 Å². The van der Waals surface area contributed by atoms with Gasteiger partial charge in [0.25, 0.3) is 5.91 Å². The second-order valence-corrected chi connectivity index (χ2v) is 5.88. The van der Waals surface area contributed by atoms with Crippen LogP contribution in [0.25, 0.3) is 0 Å². The monoisotopic (exact) mass is 297 g/mol. The Morgan fingerprint density at radius 2 is 2.14 bits per heavy atom. The van der Waals surface area contributed by atoms with Crippen LogP contribution in [-0.4, -0.2) is 54.4 Å². The zero-order chi connectivity index (χ0) is 16.0. The minimum absolute atomic E-state index is 0.00935. The van der Waals surface area contributed by atoms with Crippen LogP contribution in [0.3, 0.4) is 0 Å². The van der Waals surface area contributed by atoms with Crippen LogP contribution < -0.4 is 5.32 Å². The molecule has 21 heavy (non-hydrogen) atoms. The molecule has 6 nitrogen and oxygen atoms in total. The van der Waals surface area contributed by atoms with Crippen LogP contribution in [0.5, 0.6) is 0 Å². The SMILES string of the molecule is CCCCC1=NC(C)(CNC(=O)COC)C(=O)N1C(C)C. The maximum absolute atomic E-state index is 12.6. The molecule has 1 aliphatic heterocycles. The van der Waals surface area contributed by atoms with Gasteiger partial charge in [0.2, 0.25) is 5.91 Å². The van der Waals surface area contributed by atoms with Crippen molar-refractivity contribution in [1.82, 2.24) is 10.2 Å². The molecule has 1 rings (SSSR count). The first-order valence-electron chi connectivity index (χ1n) is 7.53. The third-order valence-electron chi connectivity index (χ3n) is 3.51. The van der Waals surface area contributed by atoms with Crippen LogP contribution in [0, 0.1) is 0 Å². The Kier molecular flexibility index (Phi) is 6.33. The number of amides is 2. The van der Waals surface area contributed by atoms with E-state index in [1.54, 1.807) is 11.8 Å². The van der Waals surface area contributed by atoms with E-state index in [0.717, 1.165) is 25.1 Å². The molecule has 0 aromatic rings. The molecule has 0 fully saturated rings. The number of amidine groups is 1. The van der Waals surface area contributed by atoms with E-state index in [2.05, 4.69) is 17.2 Å². The first-order chi connectivity index (χ1) is 9.85. The number of methoxy groups -OCH3 is 1. The second-order valence-electron chi connectivity index (χ2n) is 5.88. The van der Waals surface area contributed by atoms with Crippen molar-refractivity contribution in [2.24, 2.45) is 4.99 Å². The first-order valence-corrected chi connectivity index (χ1v) is 7.53. The van der Waals surface area contributed by atoms with Gasteiger partial charge in [-0.2, -0.15) is 0 Å². The number of rotatable bonds is 8. The summed E-state index contributed by atoms with van der Waals surface area (Å²) in [6, 6.07) is 0.0737. The fourth-order valence-corrected chi connectivity index (χ4v) is 2.37. The highest BCUT2D eigenvalue weighted by Gasteiger charge is 2.45. The number of carbonyl (C=O) groups is 2. The number of ether oxygens (including phenoxy) is 1. The van der Waals surface area contributed by atoms with Gasteiger partial charge in [0, 0.05) is 19.6 Å². The average molecular weight is 297 g/mol. The summed E-state index contributed by atoms with van der Waals surface area (Å²) in [6.07, 6.45) is 2.85. The summed E-state index contributed by atoms with van der Waals surface area (Å²) in [5, 5.41) is 2.71. The Hall–Kier alpha value is -1.43. The van der Waals surface area contributed by atoms with Crippen LogP contribution >= 0.6 is 0 Å². The van der Waals surface area contributed by atoms with Gasteiger partial charge >= 0.3 is 0 Å². The van der Waals surface area contributed by atoms with E-state index in [9.17, 15) is 9.59 Å². The summed E-state index contributed by atoms with van der Waals surface area (Å²) >= 11 is 0. The number of hydrogen-bond acceptors (Lipinski definition) is 4. The van der Waals surface area contributed by atoms with Gasteiger partial charge in [-0.15, -0.1) is 0 Å². The normalized spacial score (nSPS) is 21.9. The third-order valence-corrected chi connectivity index (χ3v) is 3.51. The predicted molar refractivity (Wildman–Crippen MR) is 82.2 cm³/mol. The lowest BCUT2D eigenvalue weighted by Crippen LogP contribution is -2.50. The van der Waals surface area contributed by atoms with Crippen molar-refractivity contribution in [1.29, 1.82) is 0 Å². The smallest absolute Gasteiger partial charge is 0.257 e. The molecule has 120 valence electrons. The molecule has 1 aliphatic rings. The minimum Gasteiger partial charge on any atom is -0.375 e. The fourth-order valence-electron chi connectivity index (χ4n) is 2.37. The lowest BCUT2D eigenvalue weighted by molar-refractivity contribution is -0.132. The van der Waals surface area contributed by atoms with Crippen LogP contribution in [0.1, 0.15) is 47.0 Å². The molecule has 6 heteroatoms. The Balaban J connectivity index is 2.82. The Morgan fingerprint density at radius 1 is 1.48 bits per heavy atom. The lowest BCUT2D eigenvalue weighted by Gasteiger charge is -2.26. The highest BCUT2D eigenvalue weighted by Crippen LogP contribution is 2.26. The zero-order valence-corrected chi connectivity index (χ0v) is 13.7. The van der Waals surface area contributed by atoms with Gasteiger partial charge in [0.1, 0.15) is 12.4 Å². The Bertz CT molecular complexity index is 420. The van der Waals surface area contributed by atoms with Gasteiger partial charge in [-0.3, -0.25) is 19.5 Å². The van der Waals surface area contributed by atoms with Crippen LogP contribution in [0.4, 0.5) is 0 Å². The van der Waals surface area contributed by atoms with Gasteiger partial charge in [-0.1, -0.05) is 13.3 Å². The van der Waals surface area contributed by atoms with Crippen molar-refractivity contribution in [2.45, 2.75) is 58.5 Å². The standard InChI is InChI=1S/C15H27N3O3/c1-6-7-8-12-17-15(4,10-16-13(19)9-21-5)14(20)18(12)11(2)3/h11H,6-10H2,1-5H3,(H,16,19). The number of nitrogens with one attached hydrogen (secondary N) is 1. The molecule has 0 aliphatic carbocycles. The molecule has 0 aromatic heterocycles. The molecule has 1 heterocycles. The van der Waals surface area contributed by atoms with E-state index >= 15 is 0 Å². The van der Waals surface area contributed by atoms with Gasteiger partial charge in [0.05, 0.1) is 6.54 Å². The molecule has 0 saturated carbocycles. The summed E-state index contributed by atoms with van der Waals surface area (Å²) in [4.78, 5) is 30.5. The van der Waals surface area contributed by atoms with Crippen LogP contribution in [-0.2, 0) is 14.3 Å². The van der Waals surface area contributed by atoms with Crippen molar-refractivity contribution in [2.75, 3.05) is 20.3 Å². The average Bonchev–Trinajstić information content (AvgIpc) is 2.67. The molecule has 0 bridgehead atoms. The van der Waals surface area contributed by atoms with Gasteiger partial charge in [-0.25, -0.2) is 0 Å². The number of unbranched alkanes of at least 4 members (excludes halogenated alkanes) is 1. The molecule has 0 spiro atoms. The number of nitrogens with zero attached hydrogens (tertiary/aromatic N) is 2. The molecule has 1 N–H and O–H groups in total. The quantitative estimate of drug-likeness (QED) is 0.735. The predicted octanol–water partition coefficient (Wildman–Crippen LogP) is 1.35. The van der Waals surface area contributed by atoms with Crippen molar-refractivity contribution < 1.29 is 14.3 Å². The number of hydrogen-bond donors (Lipinski definition) is 1. The maximum atomic E-state index is 12.6. The number of aliphatic imine (C=N–C) groups is 1. The Labute approximate surface area is 126 Å².